The zero-order valence-electron chi connectivity index (χ0n) is 9.69. The van der Waals surface area contributed by atoms with Crippen LogP contribution in [-0.2, 0) is 0 Å². The van der Waals surface area contributed by atoms with Crippen LogP contribution in [0.2, 0.25) is 0 Å². The van der Waals surface area contributed by atoms with Crippen LogP contribution >= 0.6 is 0 Å². The zero-order chi connectivity index (χ0) is 12.0. The lowest BCUT2D eigenvalue weighted by atomic mass is 10.0. The standard InChI is InChI=1S/C12H18N2O2/c1-4-5-11(14-13)10-7-6-9(15-2)8-12(10)16-3/h4,6-8,11,14H,1,5,13H2,2-3H3. The van der Waals surface area contributed by atoms with Gasteiger partial charge in [0, 0.05) is 11.6 Å². The van der Waals surface area contributed by atoms with Gasteiger partial charge in [0.1, 0.15) is 11.5 Å². The Hall–Kier alpha value is -1.52. The molecule has 1 aromatic carbocycles. The number of rotatable bonds is 6. The van der Waals surface area contributed by atoms with Crippen molar-refractivity contribution in [3.05, 3.63) is 36.4 Å². The monoisotopic (exact) mass is 222 g/mol. The molecule has 0 heterocycles. The number of nitrogens with one attached hydrogen (secondary N) is 1. The van der Waals surface area contributed by atoms with Gasteiger partial charge in [0.15, 0.2) is 0 Å². The van der Waals surface area contributed by atoms with Gasteiger partial charge < -0.3 is 9.47 Å². The first-order valence-corrected chi connectivity index (χ1v) is 5.05. The molecule has 3 N–H and O–H groups in total. The Bertz CT molecular complexity index is 353. The fourth-order valence-electron chi connectivity index (χ4n) is 1.56. The summed E-state index contributed by atoms with van der Waals surface area (Å²) >= 11 is 0. The summed E-state index contributed by atoms with van der Waals surface area (Å²) in [4.78, 5) is 0. The van der Waals surface area contributed by atoms with Gasteiger partial charge in [-0.05, 0) is 12.5 Å². The lowest BCUT2D eigenvalue weighted by Gasteiger charge is -2.18. The molecule has 1 aromatic rings. The van der Waals surface area contributed by atoms with E-state index in [1.165, 1.54) is 0 Å². The second-order valence-corrected chi connectivity index (χ2v) is 3.35. The first-order valence-electron chi connectivity index (χ1n) is 5.05. The maximum atomic E-state index is 5.50. The van der Waals surface area contributed by atoms with Crippen molar-refractivity contribution in [2.45, 2.75) is 12.5 Å². The largest absolute Gasteiger partial charge is 0.497 e. The van der Waals surface area contributed by atoms with Crippen LogP contribution in [0.3, 0.4) is 0 Å². The van der Waals surface area contributed by atoms with E-state index < -0.39 is 0 Å². The molecule has 0 aliphatic carbocycles. The van der Waals surface area contributed by atoms with E-state index in [0.29, 0.717) is 0 Å². The molecule has 16 heavy (non-hydrogen) atoms. The van der Waals surface area contributed by atoms with Gasteiger partial charge >= 0.3 is 0 Å². The fourth-order valence-corrected chi connectivity index (χ4v) is 1.56. The molecule has 1 unspecified atom stereocenters. The smallest absolute Gasteiger partial charge is 0.127 e. The highest BCUT2D eigenvalue weighted by atomic mass is 16.5. The highest BCUT2D eigenvalue weighted by Gasteiger charge is 2.13. The molecule has 0 spiro atoms. The second-order valence-electron chi connectivity index (χ2n) is 3.35. The molecule has 0 bridgehead atoms. The van der Waals surface area contributed by atoms with Gasteiger partial charge in [-0.1, -0.05) is 12.1 Å². The first kappa shape index (κ1) is 12.5. The number of ether oxygens (including phenoxy) is 2. The predicted octanol–water partition coefficient (Wildman–Crippen LogP) is 1.78. The minimum Gasteiger partial charge on any atom is -0.497 e. The summed E-state index contributed by atoms with van der Waals surface area (Å²) in [5.41, 5.74) is 3.73. The lowest BCUT2D eigenvalue weighted by Crippen LogP contribution is -2.27. The zero-order valence-corrected chi connectivity index (χ0v) is 9.69. The molecule has 0 aromatic heterocycles. The second kappa shape index (κ2) is 6.15. The number of hydrazine groups is 1. The molecule has 1 atom stereocenters. The maximum Gasteiger partial charge on any atom is 0.127 e. The van der Waals surface area contributed by atoms with E-state index in [4.69, 9.17) is 15.3 Å². The van der Waals surface area contributed by atoms with Crippen LogP contribution in [0.25, 0.3) is 0 Å². The van der Waals surface area contributed by atoms with Crippen molar-refractivity contribution in [2.75, 3.05) is 14.2 Å². The van der Waals surface area contributed by atoms with E-state index in [0.717, 1.165) is 23.5 Å². The maximum absolute atomic E-state index is 5.50. The van der Waals surface area contributed by atoms with Crippen LogP contribution in [0.15, 0.2) is 30.9 Å². The average Bonchev–Trinajstić information content (AvgIpc) is 2.35. The molecule has 0 saturated heterocycles. The van der Waals surface area contributed by atoms with Gasteiger partial charge in [-0.3, -0.25) is 11.3 Å². The van der Waals surface area contributed by atoms with E-state index in [2.05, 4.69) is 12.0 Å². The number of nitrogens with two attached hydrogens (primary N) is 1. The minimum absolute atomic E-state index is 0.00152. The molecular formula is C12H18N2O2. The molecule has 0 saturated carbocycles. The molecule has 88 valence electrons. The topological polar surface area (TPSA) is 56.5 Å². The summed E-state index contributed by atoms with van der Waals surface area (Å²) in [6.07, 6.45) is 2.55. The third kappa shape index (κ3) is 2.74. The molecular weight excluding hydrogens is 204 g/mol. The Balaban J connectivity index is 3.05. The SMILES string of the molecule is C=CCC(NN)c1ccc(OC)cc1OC. The highest BCUT2D eigenvalue weighted by Crippen LogP contribution is 2.30. The van der Waals surface area contributed by atoms with E-state index >= 15 is 0 Å². The van der Waals surface area contributed by atoms with Gasteiger partial charge in [-0.2, -0.15) is 0 Å². The van der Waals surface area contributed by atoms with Crippen LogP contribution in [0, 0.1) is 0 Å². The van der Waals surface area contributed by atoms with Crippen LogP contribution in [0.4, 0.5) is 0 Å². The molecule has 0 radical (unpaired) electrons. The van der Waals surface area contributed by atoms with Crippen molar-refractivity contribution in [1.82, 2.24) is 5.43 Å². The fraction of sp³-hybridized carbons (Fsp3) is 0.333. The van der Waals surface area contributed by atoms with Gasteiger partial charge in [-0.15, -0.1) is 6.58 Å². The van der Waals surface area contributed by atoms with Crippen molar-refractivity contribution < 1.29 is 9.47 Å². The Morgan fingerprint density at radius 1 is 1.44 bits per heavy atom. The van der Waals surface area contributed by atoms with Gasteiger partial charge in [0.25, 0.3) is 0 Å². The molecule has 0 amide bonds. The summed E-state index contributed by atoms with van der Waals surface area (Å²) in [6.45, 7) is 3.70. The molecule has 0 fully saturated rings. The number of methoxy groups -OCH3 is 2. The van der Waals surface area contributed by atoms with E-state index in [9.17, 15) is 0 Å². The summed E-state index contributed by atoms with van der Waals surface area (Å²) in [5, 5.41) is 0. The van der Waals surface area contributed by atoms with Crippen LogP contribution in [0.1, 0.15) is 18.0 Å². The molecule has 0 aliphatic heterocycles. The van der Waals surface area contributed by atoms with Crippen molar-refractivity contribution in [3.8, 4) is 11.5 Å². The predicted molar refractivity (Wildman–Crippen MR) is 64.4 cm³/mol. The Morgan fingerprint density at radius 3 is 2.69 bits per heavy atom. The molecule has 1 rings (SSSR count). The highest BCUT2D eigenvalue weighted by molar-refractivity contribution is 5.42. The van der Waals surface area contributed by atoms with Crippen molar-refractivity contribution in [2.24, 2.45) is 5.84 Å². The van der Waals surface area contributed by atoms with E-state index in [1.54, 1.807) is 14.2 Å². The Kier molecular flexibility index (Phi) is 4.82. The number of hydrogen-bond donors (Lipinski definition) is 2. The summed E-state index contributed by atoms with van der Waals surface area (Å²) in [5.74, 6) is 7.01. The van der Waals surface area contributed by atoms with Gasteiger partial charge in [-0.25, -0.2) is 0 Å². The molecule has 4 nitrogen and oxygen atoms in total. The van der Waals surface area contributed by atoms with Crippen LogP contribution in [-0.4, -0.2) is 14.2 Å². The van der Waals surface area contributed by atoms with Gasteiger partial charge in [0.2, 0.25) is 0 Å². The number of hydrogen-bond acceptors (Lipinski definition) is 4. The lowest BCUT2D eigenvalue weighted by molar-refractivity contribution is 0.384. The molecule has 0 aliphatic rings. The Labute approximate surface area is 96.0 Å². The average molecular weight is 222 g/mol. The molecule has 4 heteroatoms. The summed E-state index contributed by atoms with van der Waals surface area (Å²) in [6, 6.07) is 5.65. The van der Waals surface area contributed by atoms with Gasteiger partial charge in [0.05, 0.1) is 20.3 Å². The normalized spacial score (nSPS) is 11.9. The van der Waals surface area contributed by atoms with Crippen LogP contribution in [0.5, 0.6) is 11.5 Å². The number of benzene rings is 1. The minimum atomic E-state index is -0.00152. The van der Waals surface area contributed by atoms with Crippen LogP contribution < -0.4 is 20.7 Å². The van der Waals surface area contributed by atoms with Crippen molar-refractivity contribution in [1.29, 1.82) is 0 Å². The third-order valence-corrected chi connectivity index (χ3v) is 2.42. The van der Waals surface area contributed by atoms with Crippen molar-refractivity contribution >= 4 is 0 Å². The third-order valence-electron chi connectivity index (χ3n) is 2.42. The summed E-state index contributed by atoms with van der Waals surface area (Å²) in [7, 11) is 3.25. The Morgan fingerprint density at radius 2 is 2.19 bits per heavy atom. The first-order chi connectivity index (χ1) is 7.76. The quantitative estimate of drug-likeness (QED) is 0.437. The van der Waals surface area contributed by atoms with E-state index in [-0.39, 0.29) is 6.04 Å². The van der Waals surface area contributed by atoms with E-state index in [1.807, 2.05) is 24.3 Å². The summed E-state index contributed by atoms with van der Waals surface area (Å²) < 4.78 is 10.4. The van der Waals surface area contributed by atoms with Crippen molar-refractivity contribution in [3.63, 3.8) is 0 Å².